The van der Waals surface area contributed by atoms with Crippen LogP contribution < -0.4 is 0 Å². The first-order chi connectivity index (χ1) is 12.2. The molecule has 1 fully saturated rings. The minimum absolute atomic E-state index is 0.0439. The van der Waals surface area contributed by atoms with Crippen LogP contribution in [0.15, 0.2) is 16.8 Å². The summed E-state index contributed by atoms with van der Waals surface area (Å²) in [4.78, 5) is 14.7. The van der Waals surface area contributed by atoms with Crippen LogP contribution in [0.1, 0.15) is 67.4 Å². The molecule has 0 spiro atoms. The van der Waals surface area contributed by atoms with Crippen LogP contribution in [0, 0.1) is 0 Å². The molecule has 3 heterocycles. The summed E-state index contributed by atoms with van der Waals surface area (Å²) < 4.78 is 7.01. The quantitative estimate of drug-likeness (QED) is 0.822. The van der Waals surface area contributed by atoms with E-state index in [1.165, 1.54) is 0 Å². The van der Waals surface area contributed by atoms with Crippen LogP contribution in [0.25, 0.3) is 0 Å². The first-order valence-corrected chi connectivity index (χ1v) is 8.93. The van der Waals surface area contributed by atoms with Gasteiger partial charge in [0, 0.05) is 18.5 Å². The fourth-order valence-corrected chi connectivity index (χ4v) is 3.44. The predicted molar refractivity (Wildman–Crippen MR) is 89.8 cm³/mol. The lowest BCUT2D eigenvalue weighted by molar-refractivity contribution is 0.0678. The summed E-state index contributed by atoms with van der Waals surface area (Å²) in [5, 5.41) is 21.1. The smallest absolute Gasteiger partial charge is 0.292 e. The topological polar surface area (TPSA) is 97.3 Å². The average molecular weight is 347 g/mol. The third kappa shape index (κ3) is 3.73. The number of carbonyl (C=O) groups excluding carboxylic acids is 1. The number of likely N-dealkylation sites (tertiary alicyclic amines) is 1. The summed E-state index contributed by atoms with van der Waals surface area (Å²) in [7, 11) is 0. The molecule has 2 aromatic rings. The maximum absolute atomic E-state index is 12.8. The van der Waals surface area contributed by atoms with Gasteiger partial charge in [0.05, 0.1) is 31.1 Å². The highest BCUT2D eigenvalue weighted by atomic mass is 16.5. The molecule has 1 N–H and O–H groups in total. The Bertz CT molecular complexity index is 707. The molecule has 0 radical (unpaired) electrons. The molecule has 1 saturated heterocycles. The van der Waals surface area contributed by atoms with Crippen LogP contribution in [-0.4, -0.2) is 48.7 Å². The molecule has 0 saturated carbocycles. The van der Waals surface area contributed by atoms with Crippen molar-refractivity contribution in [3.8, 4) is 0 Å². The standard InChI is InChI=1S/C17H25N5O3/c1-3-12(4-2)15-8-16(25-19-15)17(24)22-7-5-6-14(22)10-21-9-13(11-23)18-20-21/h8-9,12,14,23H,3-7,10-11H2,1-2H3/t14-/m0/s1. The Labute approximate surface area is 146 Å². The lowest BCUT2D eigenvalue weighted by atomic mass is 9.99. The molecule has 1 atom stereocenters. The van der Waals surface area contributed by atoms with E-state index in [0.29, 0.717) is 30.5 Å². The van der Waals surface area contributed by atoms with E-state index < -0.39 is 0 Å². The van der Waals surface area contributed by atoms with Crippen molar-refractivity contribution in [1.82, 2.24) is 25.1 Å². The number of nitrogens with zero attached hydrogens (tertiary/aromatic N) is 5. The van der Waals surface area contributed by atoms with Crippen LogP contribution in [0.2, 0.25) is 0 Å². The minimum atomic E-state index is -0.135. The van der Waals surface area contributed by atoms with Gasteiger partial charge in [-0.05, 0) is 25.7 Å². The SMILES string of the molecule is CCC(CC)c1cc(C(=O)N2CCC[C@H]2Cn2cc(CO)nn2)on1. The summed E-state index contributed by atoms with van der Waals surface area (Å²) in [6, 6.07) is 1.83. The molecule has 1 aliphatic heterocycles. The molecule has 1 aliphatic rings. The third-order valence-corrected chi connectivity index (χ3v) is 4.93. The number of aliphatic hydroxyl groups is 1. The first kappa shape index (κ1) is 17.6. The first-order valence-electron chi connectivity index (χ1n) is 8.93. The molecular weight excluding hydrogens is 322 g/mol. The Hall–Kier alpha value is -2.22. The van der Waals surface area contributed by atoms with Crippen molar-refractivity contribution < 1.29 is 14.4 Å². The summed E-state index contributed by atoms with van der Waals surface area (Å²) >= 11 is 0. The van der Waals surface area contributed by atoms with E-state index in [1.54, 1.807) is 16.9 Å². The highest BCUT2D eigenvalue weighted by Crippen LogP contribution is 2.25. The number of carbonyl (C=O) groups is 1. The Morgan fingerprint density at radius 3 is 2.92 bits per heavy atom. The maximum Gasteiger partial charge on any atom is 0.292 e. The van der Waals surface area contributed by atoms with E-state index >= 15 is 0 Å². The summed E-state index contributed by atoms with van der Waals surface area (Å²) in [5.74, 6) is 0.518. The normalized spacial score (nSPS) is 17.6. The molecule has 0 bridgehead atoms. The number of hydrogen-bond acceptors (Lipinski definition) is 6. The van der Waals surface area contributed by atoms with Gasteiger partial charge in [-0.1, -0.05) is 24.2 Å². The fraction of sp³-hybridized carbons (Fsp3) is 0.647. The van der Waals surface area contributed by atoms with Crippen LogP contribution in [-0.2, 0) is 13.2 Å². The Morgan fingerprint density at radius 2 is 2.24 bits per heavy atom. The number of aromatic nitrogens is 4. The molecule has 0 aliphatic carbocycles. The van der Waals surface area contributed by atoms with Crippen molar-refractivity contribution >= 4 is 5.91 Å². The largest absolute Gasteiger partial charge is 0.390 e. The lowest BCUT2D eigenvalue weighted by Gasteiger charge is -2.23. The second-order valence-electron chi connectivity index (χ2n) is 6.51. The molecule has 0 unspecified atom stereocenters. The molecule has 136 valence electrons. The summed E-state index contributed by atoms with van der Waals surface area (Å²) in [6.45, 7) is 5.35. The average Bonchev–Trinajstić information content (AvgIpc) is 3.36. The maximum atomic E-state index is 12.8. The van der Waals surface area contributed by atoms with Gasteiger partial charge >= 0.3 is 0 Å². The van der Waals surface area contributed by atoms with Gasteiger partial charge in [-0.2, -0.15) is 0 Å². The van der Waals surface area contributed by atoms with Crippen LogP contribution >= 0.6 is 0 Å². The van der Waals surface area contributed by atoms with Crippen molar-refractivity contribution in [3.05, 3.63) is 29.4 Å². The van der Waals surface area contributed by atoms with Gasteiger partial charge in [-0.25, -0.2) is 0 Å². The van der Waals surface area contributed by atoms with Crippen LogP contribution in [0.5, 0.6) is 0 Å². The highest BCUT2D eigenvalue weighted by molar-refractivity contribution is 5.91. The number of amides is 1. The zero-order chi connectivity index (χ0) is 17.8. The van der Waals surface area contributed by atoms with E-state index in [2.05, 4.69) is 29.3 Å². The van der Waals surface area contributed by atoms with Gasteiger partial charge in [-0.3, -0.25) is 9.48 Å². The van der Waals surface area contributed by atoms with Crippen molar-refractivity contribution in [2.45, 2.75) is 64.6 Å². The number of hydrogen-bond donors (Lipinski definition) is 1. The molecule has 25 heavy (non-hydrogen) atoms. The molecule has 2 aromatic heterocycles. The molecule has 0 aromatic carbocycles. The second-order valence-corrected chi connectivity index (χ2v) is 6.51. The van der Waals surface area contributed by atoms with Gasteiger partial charge in [0.2, 0.25) is 5.76 Å². The monoisotopic (exact) mass is 347 g/mol. The fourth-order valence-electron chi connectivity index (χ4n) is 3.44. The van der Waals surface area contributed by atoms with Gasteiger partial charge in [0.15, 0.2) is 0 Å². The number of aliphatic hydroxyl groups excluding tert-OH is 1. The van der Waals surface area contributed by atoms with Crippen molar-refractivity contribution in [2.75, 3.05) is 6.54 Å². The lowest BCUT2D eigenvalue weighted by Crippen LogP contribution is -2.38. The molecule has 8 nitrogen and oxygen atoms in total. The van der Waals surface area contributed by atoms with E-state index in [1.807, 2.05) is 4.90 Å². The third-order valence-electron chi connectivity index (χ3n) is 4.93. The molecular formula is C17H25N5O3. The zero-order valence-corrected chi connectivity index (χ0v) is 14.8. The molecule has 1 amide bonds. The van der Waals surface area contributed by atoms with Crippen LogP contribution in [0.3, 0.4) is 0 Å². The van der Waals surface area contributed by atoms with Gasteiger partial charge in [0.25, 0.3) is 5.91 Å². The zero-order valence-electron chi connectivity index (χ0n) is 14.8. The van der Waals surface area contributed by atoms with E-state index in [4.69, 9.17) is 9.63 Å². The van der Waals surface area contributed by atoms with Gasteiger partial charge in [0.1, 0.15) is 5.69 Å². The van der Waals surface area contributed by atoms with Gasteiger partial charge < -0.3 is 14.5 Å². The minimum Gasteiger partial charge on any atom is -0.390 e. The second kappa shape index (κ2) is 7.77. The van der Waals surface area contributed by atoms with Crippen molar-refractivity contribution in [3.63, 3.8) is 0 Å². The molecule has 3 rings (SSSR count). The number of rotatable bonds is 7. The Kier molecular flexibility index (Phi) is 5.47. The van der Waals surface area contributed by atoms with E-state index in [9.17, 15) is 4.79 Å². The Morgan fingerprint density at radius 1 is 1.44 bits per heavy atom. The summed E-state index contributed by atoms with van der Waals surface area (Å²) in [6.07, 6.45) is 5.52. The summed E-state index contributed by atoms with van der Waals surface area (Å²) in [5.41, 5.74) is 1.38. The van der Waals surface area contributed by atoms with E-state index in [-0.39, 0.29) is 18.6 Å². The predicted octanol–water partition coefficient (Wildman–Crippen LogP) is 1.97. The highest BCUT2D eigenvalue weighted by Gasteiger charge is 2.32. The molecule has 8 heteroatoms. The van der Waals surface area contributed by atoms with Crippen molar-refractivity contribution in [2.24, 2.45) is 0 Å². The van der Waals surface area contributed by atoms with Crippen LogP contribution in [0.4, 0.5) is 0 Å². The van der Waals surface area contributed by atoms with E-state index in [0.717, 1.165) is 31.4 Å². The van der Waals surface area contributed by atoms with Crippen molar-refractivity contribution in [1.29, 1.82) is 0 Å². The Balaban J connectivity index is 1.70. The van der Waals surface area contributed by atoms with Gasteiger partial charge in [-0.15, -0.1) is 5.10 Å².